The van der Waals surface area contributed by atoms with Crippen molar-refractivity contribution in [2.45, 2.75) is 38.3 Å². The molecule has 0 radical (unpaired) electrons. The number of hydrogen-bond acceptors (Lipinski definition) is 4. The maximum atomic E-state index is 12.4. The van der Waals surface area contributed by atoms with E-state index in [1.165, 1.54) is 4.68 Å². The molecule has 7 heteroatoms. The molecule has 1 aliphatic heterocycles. The highest BCUT2D eigenvalue weighted by molar-refractivity contribution is 7.07. The van der Waals surface area contributed by atoms with E-state index in [-0.39, 0.29) is 17.6 Å². The molecule has 0 fully saturated rings. The Morgan fingerprint density at radius 2 is 2.32 bits per heavy atom. The highest BCUT2D eigenvalue weighted by Crippen LogP contribution is 2.17. The molecule has 3 rings (SSSR count). The van der Waals surface area contributed by atoms with E-state index in [2.05, 4.69) is 5.10 Å². The fourth-order valence-corrected chi connectivity index (χ4v) is 3.63. The number of fused-ring (bicyclic) bond motifs is 1. The summed E-state index contributed by atoms with van der Waals surface area (Å²) in [6.45, 7) is 0.628. The number of carbonyl (C=O) groups excluding carboxylic acids is 1. The SMILES string of the molecule is CN(C(=O)Cc1ccsc1)C1CCc2nn(C)c(=O)n2CC1. The van der Waals surface area contributed by atoms with Crippen LogP contribution in [0.5, 0.6) is 0 Å². The Balaban J connectivity index is 1.66. The van der Waals surface area contributed by atoms with Crippen LogP contribution in [0, 0.1) is 0 Å². The predicted octanol–water partition coefficient (Wildman–Crippen LogP) is 1.05. The van der Waals surface area contributed by atoms with Gasteiger partial charge in [-0.25, -0.2) is 9.48 Å². The van der Waals surface area contributed by atoms with E-state index in [9.17, 15) is 9.59 Å². The van der Waals surface area contributed by atoms with E-state index in [1.807, 2.05) is 28.8 Å². The van der Waals surface area contributed by atoms with Gasteiger partial charge in [0.15, 0.2) is 0 Å². The predicted molar refractivity (Wildman–Crippen MR) is 85.0 cm³/mol. The Hall–Kier alpha value is -1.89. The lowest BCUT2D eigenvalue weighted by molar-refractivity contribution is -0.131. The van der Waals surface area contributed by atoms with Crippen molar-refractivity contribution in [1.29, 1.82) is 0 Å². The fourth-order valence-electron chi connectivity index (χ4n) is 2.97. The topological polar surface area (TPSA) is 60.1 Å². The van der Waals surface area contributed by atoms with Crippen LogP contribution < -0.4 is 5.69 Å². The summed E-state index contributed by atoms with van der Waals surface area (Å²) in [5, 5.41) is 8.28. The molecular weight excluding hydrogens is 300 g/mol. The number of aromatic nitrogens is 3. The van der Waals surface area contributed by atoms with Gasteiger partial charge in [-0.3, -0.25) is 9.36 Å². The van der Waals surface area contributed by atoms with Crippen LogP contribution in [0.3, 0.4) is 0 Å². The van der Waals surface area contributed by atoms with Gasteiger partial charge in [0, 0.05) is 33.1 Å². The first-order valence-corrected chi connectivity index (χ1v) is 8.40. The second-order valence-corrected chi connectivity index (χ2v) is 6.55. The molecule has 0 N–H and O–H groups in total. The second kappa shape index (κ2) is 6.08. The fraction of sp³-hybridized carbons (Fsp3) is 0.533. The minimum Gasteiger partial charge on any atom is -0.342 e. The van der Waals surface area contributed by atoms with Gasteiger partial charge in [0.2, 0.25) is 5.91 Å². The van der Waals surface area contributed by atoms with Gasteiger partial charge < -0.3 is 4.90 Å². The van der Waals surface area contributed by atoms with E-state index in [4.69, 9.17) is 0 Å². The van der Waals surface area contributed by atoms with E-state index in [0.717, 1.165) is 30.7 Å². The molecule has 0 bridgehead atoms. The third-order valence-corrected chi connectivity index (χ3v) is 5.08. The number of aryl methyl sites for hydroxylation is 2. The molecule has 0 saturated heterocycles. The highest BCUT2D eigenvalue weighted by atomic mass is 32.1. The van der Waals surface area contributed by atoms with Gasteiger partial charge in [0.1, 0.15) is 5.82 Å². The second-order valence-electron chi connectivity index (χ2n) is 5.77. The van der Waals surface area contributed by atoms with Gasteiger partial charge in [0.05, 0.1) is 6.42 Å². The first-order valence-electron chi connectivity index (χ1n) is 7.45. The lowest BCUT2D eigenvalue weighted by atomic mass is 10.1. The number of hydrogen-bond donors (Lipinski definition) is 0. The van der Waals surface area contributed by atoms with Gasteiger partial charge in [-0.15, -0.1) is 0 Å². The van der Waals surface area contributed by atoms with Gasteiger partial charge in [-0.1, -0.05) is 0 Å². The Morgan fingerprint density at radius 1 is 1.50 bits per heavy atom. The number of amides is 1. The molecule has 2 aromatic heterocycles. The third kappa shape index (κ3) is 2.85. The zero-order chi connectivity index (χ0) is 15.7. The summed E-state index contributed by atoms with van der Waals surface area (Å²) in [6, 6.07) is 2.15. The minimum atomic E-state index is -0.0668. The summed E-state index contributed by atoms with van der Waals surface area (Å²) in [7, 11) is 3.55. The standard InChI is InChI=1S/C15H20N4O2S/c1-17(14(20)9-11-6-8-22-10-11)12-3-4-13-16-18(2)15(21)19(13)7-5-12/h6,8,10,12H,3-5,7,9H2,1-2H3. The van der Waals surface area contributed by atoms with E-state index in [1.54, 1.807) is 23.0 Å². The third-order valence-electron chi connectivity index (χ3n) is 4.35. The molecule has 118 valence electrons. The van der Waals surface area contributed by atoms with Gasteiger partial charge in [-0.2, -0.15) is 16.4 Å². The van der Waals surface area contributed by atoms with Crippen LogP contribution in [0.25, 0.3) is 0 Å². The molecule has 0 spiro atoms. The van der Waals surface area contributed by atoms with Crippen molar-refractivity contribution >= 4 is 17.2 Å². The number of nitrogens with zero attached hydrogens (tertiary/aromatic N) is 4. The maximum absolute atomic E-state index is 12.4. The number of rotatable bonds is 3. The first-order chi connectivity index (χ1) is 10.6. The molecule has 22 heavy (non-hydrogen) atoms. The normalized spacial score (nSPS) is 17.8. The average molecular weight is 320 g/mol. The maximum Gasteiger partial charge on any atom is 0.345 e. The molecule has 1 unspecified atom stereocenters. The molecule has 1 atom stereocenters. The summed E-state index contributed by atoms with van der Waals surface area (Å²) in [6.07, 6.45) is 2.83. The van der Waals surface area contributed by atoms with Gasteiger partial charge >= 0.3 is 5.69 Å². The number of likely N-dealkylation sites (N-methyl/N-ethyl adjacent to an activating group) is 1. The van der Waals surface area contributed by atoms with E-state index >= 15 is 0 Å². The van der Waals surface area contributed by atoms with E-state index in [0.29, 0.717) is 13.0 Å². The summed E-state index contributed by atoms with van der Waals surface area (Å²) in [5.74, 6) is 0.963. The van der Waals surface area contributed by atoms with Crippen molar-refractivity contribution in [3.63, 3.8) is 0 Å². The summed E-state index contributed by atoms with van der Waals surface area (Å²) in [5.41, 5.74) is 1.00. The van der Waals surface area contributed by atoms with E-state index < -0.39 is 0 Å². The molecule has 0 aliphatic carbocycles. The van der Waals surface area contributed by atoms with Crippen LogP contribution in [0.2, 0.25) is 0 Å². The summed E-state index contributed by atoms with van der Waals surface area (Å²) >= 11 is 1.61. The molecule has 0 saturated carbocycles. The lowest BCUT2D eigenvalue weighted by Crippen LogP contribution is -2.38. The first kappa shape index (κ1) is 15.0. The van der Waals surface area contributed by atoms with Crippen LogP contribution in [-0.2, 0) is 31.2 Å². The van der Waals surface area contributed by atoms with Crippen LogP contribution in [0.4, 0.5) is 0 Å². The summed E-state index contributed by atoms with van der Waals surface area (Å²) in [4.78, 5) is 26.2. The molecule has 6 nitrogen and oxygen atoms in total. The van der Waals surface area contributed by atoms with Crippen molar-refractivity contribution in [2.75, 3.05) is 7.05 Å². The van der Waals surface area contributed by atoms with Crippen LogP contribution >= 0.6 is 11.3 Å². The molecular formula is C15H20N4O2S. The zero-order valence-corrected chi connectivity index (χ0v) is 13.7. The zero-order valence-electron chi connectivity index (χ0n) is 12.9. The Kier molecular flexibility index (Phi) is 4.15. The number of carbonyl (C=O) groups is 1. The van der Waals surface area contributed by atoms with Crippen molar-refractivity contribution in [1.82, 2.24) is 19.2 Å². The lowest BCUT2D eigenvalue weighted by Gasteiger charge is -2.27. The number of thiophene rings is 1. The van der Waals surface area contributed by atoms with Crippen molar-refractivity contribution in [3.8, 4) is 0 Å². The van der Waals surface area contributed by atoms with Gasteiger partial charge in [-0.05, 0) is 35.2 Å². The van der Waals surface area contributed by atoms with Crippen LogP contribution in [0.15, 0.2) is 21.6 Å². The van der Waals surface area contributed by atoms with Gasteiger partial charge in [0.25, 0.3) is 0 Å². The average Bonchev–Trinajstić information content (AvgIpc) is 3.03. The van der Waals surface area contributed by atoms with Crippen molar-refractivity contribution in [3.05, 3.63) is 38.7 Å². The highest BCUT2D eigenvalue weighted by Gasteiger charge is 2.25. The smallest absolute Gasteiger partial charge is 0.342 e. The Bertz CT molecular complexity index is 716. The van der Waals surface area contributed by atoms with Crippen LogP contribution in [0.1, 0.15) is 24.2 Å². The molecule has 1 amide bonds. The molecule has 2 aromatic rings. The van der Waals surface area contributed by atoms with Crippen molar-refractivity contribution in [2.24, 2.45) is 7.05 Å². The Labute approximate surface area is 133 Å². The Morgan fingerprint density at radius 3 is 3.05 bits per heavy atom. The summed E-state index contributed by atoms with van der Waals surface area (Å²) < 4.78 is 3.12. The molecule has 0 aromatic carbocycles. The molecule has 1 aliphatic rings. The largest absolute Gasteiger partial charge is 0.345 e. The van der Waals surface area contributed by atoms with Crippen molar-refractivity contribution < 1.29 is 4.79 Å². The molecule has 3 heterocycles. The van der Waals surface area contributed by atoms with Crippen LogP contribution in [-0.4, -0.2) is 38.2 Å². The monoisotopic (exact) mass is 320 g/mol. The minimum absolute atomic E-state index is 0.0668. The quantitative estimate of drug-likeness (QED) is 0.849.